The number of nitrogens with zero attached hydrogens (tertiary/aromatic N) is 1. The van der Waals surface area contributed by atoms with Crippen molar-refractivity contribution in [2.24, 2.45) is 5.92 Å². The van der Waals surface area contributed by atoms with Gasteiger partial charge in [-0.2, -0.15) is 0 Å². The number of carboxylic acids is 2. The van der Waals surface area contributed by atoms with Crippen LogP contribution in [0.2, 0.25) is 0 Å². The van der Waals surface area contributed by atoms with Gasteiger partial charge in [-0.05, 0) is 68.5 Å². The van der Waals surface area contributed by atoms with E-state index in [1.807, 2.05) is 6.07 Å². The molecular weight excluding hydrogens is 378 g/mol. The van der Waals surface area contributed by atoms with Crippen molar-refractivity contribution in [3.8, 4) is 5.75 Å². The van der Waals surface area contributed by atoms with Gasteiger partial charge in [0.1, 0.15) is 5.75 Å². The Morgan fingerprint density at radius 1 is 1.10 bits per heavy atom. The molecule has 1 heterocycles. The summed E-state index contributed by atoms with van der Waals surface area (Å²) in [6.45, 7) is 1.22. The molecule has 4 rings (SSSR count). The number of carboxylic acid groups (broad SMARTS) is 2. The van der Waals surface area contributed by atoms with Crippen molar-refractivity contribution in [3.63, 3.8) is 0 Å². The van der Waals surface area contributed by atoms with Crippen LogP contribution in [0.25, 0.3) is 0 Å². The highest BCUT2D eigenvalue weighted by Gasteiger charge is 2.53. The Balaban J connectivity index is 0.000000207. The summed E-state index contributed by atoms with van der Waals surface area (Å²) >= 11 is 0. The van der Waals surface area contributed by atoms with Gasteiger partial charge in [-0.1, -0.05) is 18.9 Å². The lowest BCUT2D eigenvalue weighted by molar-refractivity contribution is -0.165. The summed E-state index contributed by atoms with van der Waals surface area (Å²) < 4.78 is 0. The minimum absolute atomic E-state index is 0.377. The molecule has 2 aliphatic carbocycles. The number of piperidine rings is 1. The van der Waals surface area contributed by atoms with Gasteiger partial charge >= 0.3 is 11.9 Å². The molecule has 1 saturated carbocycles. The topological polar surface area (TPSA) is 139 Å². The number of aromatic hydroxyl groups is 1. The Bertz CT molecular complexity index is 764. The maximum absolute atomic E-state index is 9.91. The van der Waals surface area contributed by atoms with Crippen molar-refractivity contribution in [3.05, 3.63) is 29.3 Å². The molecule has 1 aliphatic heterocycles. The van der Waals surface area contributed by atoms with E-state index in [2.05, 4.69) is 24.1 Å². The summed E-state index contributed by atoms with van der Waals surface area (Å²) in [5.74, 6) is -2.27. The molecule has 0 unspecified atom stereocenters. The van der Waals surface area contributed by atoms with E-state index < -0.39 is 24.1 Å². The van der Waals surface area contributed by atoms with E-state index in [1.165, 1.54) is 56.2 Å². The SMILES string of the molecule is CN1CC[C@]23CCCC[C@@H]2[C@H]1Cc1ccc(O)cc13.O=C(O)[C@H](O)[C@@H](O)C(=O)O. The average Bonchev–Trinajstić information content (AvgIpc) is 2.70. The Morgan fingerprint density at radius 3 is 2.38 bits per heavy atom. The molecule has 160 valence electrons. The Kier molecular flexibility index (Phi) is 6.16. The van der Waals surface area contributed by atoms with E-state index in [9.17, 15) is 14.7 Å². The van der Waals surface area contributed by atoms with Crippen LogP contribution in [0.4, 0.5) is 0 Å². The molecule has 8 nitrogen and oxygen atoms in total. The number of aliphatic carboxylic acids is 2. The van der Waals surface area contributed by atoms with Crippen LogP contribution in [0.15, 0.2) is 18.2 Å². The molecule has 5 atom stereocenters. The number of likely N-dealkylation sites (tertiary alicyclic amines) is 1. The number of phenolic OH excluding ortho intramolecular Hbond substituents is 1. The zero-order valence-corrected chi connectivity index (χ0v) is 16.5. The summed E-state index contributed by atoms with van der Waals surface area (Å²) in [4.78, 5) is 22.1. The quantitative estimate of drug-likeness (QED) is 0.499. The second kappa shape index (κ2) is 8.30. The molecule has 1 aromatic rings. The largest absolute Gasteiger partial charge is 0.508 e. The highest BCUT2D eigenvalue weighted by Crippen LogP contribution is 2.55. The van der Waals surface area contributed by atoms with E-state index in [-0.39, 0.29) is 0 Å². The predicted molar refractivity (Wildman–Crippen MR) is 104 cm³/mol. The van der Waals surface area contributed by atoms with Gasteiger partial charge in [0, 0.05) is 11.5 Å². The van der Waals surface area contributed by atoms with Gasteiger partial charge in [0.2, 0.25) is 0 Å². The number of hydrogen-bond donors (Lipinski definition) is 5. The van der Waals surface area contributed by atoms with Crippen LogP contribution >= 0.6 is 0 Å². The monoisotopic (exact) mass is 407 g/mol. The molecule has 8 heteroatoms. The molecule has 2 bridgehead atoms. The summed E-state index contributed by atoms with van der Waals surface area (Å²) in [6, 6.07) is 6.85. The Hall–Kier alpha value is -2.16. The van der Waals surface area contributed by atoms with Gasteiger partial charge in [0.25, 0.3) is 0 Å². The number of phenols is 1. The summed E-state index contributed by atoms with van der Waals surface area (Å²) in [5.41, 5.74) is 3.36. The maximum atomic E-state index is 9.91. The lowest BCUT2D eigenvalue weighted by Gasteiger charge is -2.58. The van der Waals surface area contributed by atoms with E-state index >= 15 is 0 Å². The van der Waals surface area contributed by atoms with E-state index in [1.54, 1.807) is 0 Å². The van der Waals surface area contributed by atoms with E-state index in [0.29, 0.717) is 11.2 Å². The van der Waals surface area contributed by atoms with Crippen molar-refractivity contribution < 1.29 is 35.1 Å². The number of aliphatic hydroxyl groups is 2. The first-order chi connectivity index (χ1) is 13.7. The lowest BCUT2D eigenvalue weighted by Crippen LogP contribution is -2.59. The van der Waals surface area contributed by atoms with Gasteiger partial charge in [-0.15, -0.1) is 0 Å². The molecule has 3 aliphatic rings. The summed E-state index contributed by atoms with van der Waals surface area (Å²) in [5, 5.41) is 42.4. The zero-order valence-electron chi connectivity index (χ0n) is 16.5. The van der Waals surface area contributed by atoms with E-state index in [4.69, 9.17) is 20.4 Å². The van der Waals surface area contributed by atoms with Gasteiger partial charge in [-0.3, -0.25) is 0 Å². The number of carbonyl (C=O) groups is 2. The van der Waals surface area contributed by atoms with Crippen molar-refractivity contribution in [1.82, 2.24) is 4.90 Å². The minimum atomic E-state index is -2.27. The molecule has 29 heavy (non-hydrogen) atoms. The molecule has 2 fully saturated rings. The number of rotatable bonds is 3. The second-order valence-electron chi connectivity index (χ2n) is 8.42. The van der Waals surface area contributed by atoms with Gasteiger partial charge in [0.05, 0.1) is 0 Å². The molecular formula is C21H29NO7. The number of hydrogen-bond acceptors (Lipinski definition) is 6. The first kappa shape index (κ1) is 21.5. The smallest absolute Gasteiger partial charge is 0.335 e. The number of fused-ring (bicyclic) bond motifs is 1. The molecule has 0 amide bonds. The molecule has 0 spiro atoms. The van der Waals surface area contributed by atoms with Crippen LogP contribution < -0.4 is 0 Å². The third-order valence-electron chi connectivity index (χ3n) is 6.90. The molecule has 1 saturated heterocycles. The van der Waals surface area contributed by atoms with Gasteiger partial charge in [-0.25, -0.2) is 9.59 Å². The molecule has 0 radical (unpaired) electrons. The number of benzene rings is 1. The van der Waals surface area contributed by atoms with Crippen LogP contribution in [0.5, 0.6) is 5.75 Å². The van der Waals surface area contributed by atoms with E-state index in [0.717, 1.165) is 12.0 Å². The fraction of sp³-hybridized carbons (Fsp3) is 0.619. The highest BCUT2D eigenvalue weighted by atomic mass is 16.4. The van der Waals surface area contributed by atoms with Crippen molar-refractivity contribution in [1.29, 1.82) is 0 Å². The number of aliphatic hydroxyl groups excluding tert-OH is 2. The van der Waals surface area contributed by atoms with Gasteiger partial charge < -0.3 is 30.4 Å². The zero-order chi connectivity index (χ0) is 21.3. The summed E-state index contributed by atoms with van der Waals surface area (Å²) in [6.07, 6.45) is 3.39. The first-order valence-corrected chi connectivity index (χ1v) is 10.0. The molecule has 0 aromatic heterocycles. The van der Waals surface area contributed by atoms with Crippen molar-refractivity contribution in [2.75, 3.05) is 13.6 Å². The minimum Gasteiger partial charge on any atom is -0.508 e. The fourth-order valence-electron chi connectivity index (χ4n) is 5.45. The first-order valence-electron chi connectivity index (χ1n) is 10.0. The Labute approximate surface area is 169 Å². The van der Waals surface area contributed by atoms with Crippen LogP contribution in [-0.2, 0) is 21.4 Å². The molecule has 5 N–H and O–H groups in total. The standard InChI is InChI=1S/C17H23NO.C4H6O6/c1-18-9-8-17-7-3-2-4-14(17)16(18)10-12-5-6-13(19)11-15(12)17;5-1(3(7)8)2(6)4(9)10/h5-6,11,14,16,19H,2-4,7-10H2,1H3;1-2,5-6H,(H,7,8)(H,9,10)/t14-,16-,17-;1-,2-/m11/s1. The second-order valence-corrected chi connectivity index (χ2v) is 8.42. The number of likely N-dealkylation sites (N-methyl/N-ethyl adjacent to an activating group) is 1. The van der Waals surface area contributed by atoms with Crippen LogP contribution in [0, 0.1) is 5.92 Å². The maximum Gasteiger partial charge on any atom is 0.335 e. The molecule has 1 aromatic carbocycles. The third kappa shape index (κ3) is 3.97. The Morgan fingerprint density at radius 2 is 1.76 bits per heavy atom. The van der Waals surface area contributed by atoms with Crippen LogP contribution in [0.3, 0.4) is 0 Å². The van der Waals surface area contributed by atoms with Gasteiger partial charge in [0.15, 0.2) is 12.2 Å². The highest BCUT2D eigenvalue weighted by molar-refractivity contribution is 5.83. The normalized spacial score (nSPS) is 30.0. The van der Waals surface area contributed by atoms with Crippen LogP contribution in [0.1, 0.15) is 43.2 Å². The summed E-state index contributed by atoms with van der Waals surface area (Å²) in [7, 11) is 2.30. The van der Waals surface area contributed by atoms with Crippen molar-refractivity contribution in [2.45, 2.75) is 62.2 Å². The average molecular weight is 407 g/mol. The third-order valence-corrected chi connectivity index (χ3v) is 6.90. The predicted octanol–water partition coefficient (Wildman–Crippen LogP) is 0.958. The fourth-order valence-corrected chi connectivity index (χ4v) is 5.45. The lowest BCUT2D eigenvalue weighted by atomic mass is 9.52. The van der Waals surface area contributed by atoms with Crippen LogP contribution in [-0.4, -0.2) is 74.2 Å². The van der Waals surface area contributed by atoms with Crippen molar-refractivity contribution >= 4 is 11.9 Å².